The molecule has 5 heteroatoms. The number of carboxylic acid groups (broad SMARTS) is 1. The zero-order valence-electron chi connectivity index (χ0n) is 5.20. The van der Waals surface area contributed by atoms with Gasteiger partial charge in [0.15, 0.2) is 5.17 Å². The van der Waals surface area contributed by atoms with Gasteiger partial charge < -0.3 is 10.8 Å². The van der Waals surface area contributed by atoms with Crippen LogP contribution in [0.2, 0.25) is 0 Å². The van der Waals surface area contributed by atoms with E-state index in [0.29, 0.717) is 6.42 Å². The molecule has 0 bridgehead atoms. The Balaban J connectivity index is 2.26. The SMILES string of the molecule is N=C(N)SC1C[C@H]1C(=O)O. The summed E-state index contributed by atoms with van der Waals surface area (Å²) < 4.78 is 0. The van der Waals surface area contributed by atoms with Crippen molar-refractivity contribution in [2.45, 2.75) is 11.7 Å². The molecule has 1 unspecified atom stereocenters. The predicted octanol–water partition coefficient (Wildman–Crippen LogP) is 0.0862. The van der Waals surface area contributed by atoms with Gasteiger partial charge in [-0.2, -0.15) is 0 Å². The molecule has 0 aromatic carbocycles. The highest BCUT2D eigenvalue weighted by molar-refractivity contribution is 8.14. The van der Waals surface area contributed by atoms with Crippen LogP contribution in [-0.4, -0.2) is 21.5 Å². The lowest BCUT2D eigenvalue weighted by molar-refractivity contribution is -0.138. The molecule has 0 amide bonds. The zero-order chi connectivity index (χ0) is 7.72. The van der Waals surface area contributed by atoms with Gasteiger partial charge in [0.1, 0.15) is 0 Å². The normalized spacial score (nSPS) is 29.6. The van der Waals surface area contributed by atoms with Crippen LogP contribution in [0.5, 0.6) is 0 Å². The summed E-state index contributed by atoms with van der Waals surface area (Å²) in [7, 11) is 0. The Labute approximate surface area is 62.3 Å². The second-order valence-electron chi connectivity index (χ2n) is 2.20. The third-order valence-corrected chi connectivity index (χ3v) is 2.41. The van der Waals surface area contributed by atoms with Crippen LogP contribution in [0.1, 0.15) is 6.42 Å². The van der Waals surface area contributed by atoms with E-state index in [-0.39, 0.29) is 16.3 Å². The number of hydrogen-bond acceptors (Lipinski definition) is 3. The lowest BCUT2D eigenvalue weighted by Gasteiger charge is -1.92. The fraction of sp³-hybridized carbons (Fsp3) is 0.600. The first-order valence-electron chi connectivity index (χ1n) is 2.84. The second kappa shape index (κ2) is 2.49. The minimum Gasteiger partial charge on any atom is -0.481 e. The van der Waals surface area contributed by atoms with E-state index in [9.17, 15) is 4.79 Å². The van der Waals surface area contributed by atoms with Crippen LogP contribution in [-0.2, 0) is 4.79 Å². The highest BCUT2D eigenvalue weighted by Gasteiger charge is 2.44. The first-order valence-corrected chi connectivity index (χ1v) is 3.72. The van der Waals surface area contributed by atoms with Crippen LogP contribution in [0.3, 0.4) is 0 Å². The summed E-state index contributed by atoms with van der Waals surface area (Å²) in [6.45, 7) is 0. The third kappa shape index (κ3) is 1.63. The average molecular weight is 160 g/mol. The Bertz CT molecular complexity index is 182. The molecule has 1 aliphatic rings. The van der Waals surface area contributed by atoms with Crippen molar-refractivity contribution in [1.29, 1.82) is 5.41 Å². The third-order valence-electron chi connectivity index (χ3n) is 1.33. The monoisotopic (exact) mass is 160 g/mol. The van der Waals surface area contributed by atoms with Crippen molar-refractivity contribution in [3.63, 3.8) is 0 Å². The molecule has 0 saturated heterocycles. The lowest BCUT2D eigenvalue weighted by Crippen LogP contribution is -2.07. The number of carboxylic acids is 1. The fourth-order valence-electron chi connectivity index (χ4n) is 0.725. The number of aliphatic carboxylic acids is 1. The molecular weight excluding hydrogens is 152 g/mol. The summed E-state index contributed by atoms with van der Waals surface area (Å²) in [5.41, 5.74) is 5.05. The first-order chi connectivity index (χ1) is 4.61. The van der Waals surface area contributed by atoms with Gasteiger partial charge in [-0.05, 0) is 6.42 Å². The van der Waals surface area contributed by atoms with E-state index in [1.54, 1.807) is 0 Å². The smallest absolute Gasteiger partial charge is 0.307 e. The predicted molar refractivity (Wildman–Crippen MR) is 39.0 cm³/mol. The Morgan fingerprint density at radius 2 is 2.40 bits per heavy atom. The molecule has 1 rings (SSSR count). The van der Waals surface area contributed by atoms with Gasteiger partial charge in [0.2, 0.25) is 0 Å². The van der Waals surface area contributed by atoms with Crippen LogP contribution >= 0.6 is 11.8 Å². The number of thioether (sulfide) groups is 1. The molecule has 0 radical (unpaired) electrons. The van der Waals surface area contributed by atoms with Crippen LogP contribution < -0.4 is 5.73 Å². The fourth-order valence-corrected chi connectivity index (χ4v) is 1.64. The molecule has 2 atom stereocenters. The maximum atomic E-state index is 10.2. The Morgan fingerprint density at radius 3 is 2.70 bits per heavy atom. The summed E-state index contributed by atoms with van der Waals surface area (Å²) in [5.74, 6) is -1.05. The van der Waals surface area contributed by atoms with Crippen molar-refractivity contribution in [3.05, 3.63) is 0 Å². The van der Waals surface area contributed by atoms with Gasteiger partial charge >= 0.3 is 5.97 Å². The van der Waals surface area contributed by atoms with Crippen molar-refractivity contribution in [2.75, 3.05) is 0 Å². The number of nitrogens with one attached hydrogen (secondary N) is 1. The van der Waals surface area contributed by atoms with Crippen molar-refractivity contribution in [1.82, 2.24) is 0 Å². The summed E-state index contributed by atoms with van der Waals surface area (Å²) in [6, 6.07) is 0. The Kier molecular flexibility index (Phi) is 1.85. The van der Waals surface area contributed by atoms with E-state index in [1.165, 1.54) is 0 Å². The molecular formula is C5H8N2O2S. The maximum Gasteiger partial charge on any atom is 0.307 e. The molecule has 0 aliphatic heterocycles. The standard InChI is InChI=1S/C5H8N2O2S/c6-5(7)10-3-1-2(3)4(8)9/h2-3H,1H2,(H3,6,7)(H,8,9)/t2-,3?/m1/s1. The minimum atomic E-state index is -0.779. The van der Waals surface area contributed by atoms with Gasteiger partial charge in [0.25, 0.3) is 0 Å². The van der Waals surface area contributed by atoms with E-state index < -0.39 is 5.97 Å². The molecule has 0 aromatic rings. The van der Waals surface area contributed by atoms with E-state index in [2.05, 4.69) is 0 Å². The number of nitrogens with two attached hydrogens (primary N) is 1. The van der Waals surface area contributed by atoms with Crippen LogP contribution in [0.4, 0.5) is 0 Å². The van der Waals surface area contributed by atoms with Gasteiger partial charge in [0, 0.05) is 5.25 Å². The highest BCUT2D eigenvalue weighted by Crippen LogP contribution is 2.41. The van der Waals surface area contributed by atoms with Crippen LogP contribution in [0.25, 0.3) is 0 Å². The minimum absolute atomic E-state index is 0.00810. The number of hydrogen-bond donors (Lipinski definition) is 3. The molecule has 1 aliphatic carbocycles. The molecule has 0 spiro atoms. The molecule has 0 aromatic heterocycles. The largest absolute Gasteiger partial charge is 0.481 e. The lowest BCUT2D eigenvalue weighted by atomic mass is 10.4. The molecule has 4 N–H and O–H groups in total. The number of carbonyl (C=O) groups is 1. The topological polar surface area (TPSA) is 87.2 Å². The van der Waals surface area contributed by atoms with E-state index in [0.717, 1.165) is 11.8 Å². The molecule has 1 fully saturated rings. The zero-order valence-corrected chi connectivity index (χ0v) is 6.02. The molecule has 0 heterocycles. The van der Waals surface area contributed by atoms with Gasteiger partial charge in [-0.1, -0.05) is 11.8 Å². The van der Waals surface area contributed by atoms with Crippen LogP contribution in [0.15, 0.2) is 0 Å². The van der Waals surface area contributed by atoms with Crippen molar-refractivity contribution in [3.8, 4) is 0 Å². The van der Waals surface area contributed by atoms with Gasteiger partial charge in [-0.15, -0.1) is 0 Å². The summed E-state index contributed by atoms with van der Waals surface area (Å²) >= 11 is 1.14. The van der Waals surface area contributed by atoms with Gasteiger partial charge in [0.05, 0.1) is 5.92 Å². The molecule has 10 heavy (non-hydrogen) atoms. The molecule has 4 nitrogen and oxygen atoms in total. The van der Waals surface area contributed by atoms with Crippen LogP contribution in [0, 0.1) is 11.3 Å². The quantitative estimate of drug-likeness (QED) is 0.394. The van der Waals surface area contributed by atoms with Crippen molar-refractivity contribution in [2.24, 2.45) is 11.7 Å². The molecule has 1 saturated carbocycles. The van der Waals surface area contributed by atoms with Gasteiger partial charge in [-0.25, -0.2) is 0 Å². The van der Waals surface area contributed by atoms with Gasteiger partial charge in [-0.3, -0.25) is 10.2 Å². The Hall–Kier alpha value is -0.710. The maximum absolute atomic E-state index is 10.2. The summed E-state index contributed by atoms with van der Waals surface area (Å²) in [6.07, 6.45) is 0.652. The average Bonchev–Trinajstić information content (AvgIpc) is 2.43. The highest BCUT2D eigenvalue weighted by atomic mass is 32.2. The van der Waals surface area contributed by atoms with Crippen molar-refractivity contribution >= 4 is 22.9 Å². The second-order valence-corrected chi connectivity index (χ2v) is 3.48. The van der Waals surface area contributed by atoms with Crippen molar-refractivity contribution < 1.29 is 9.90 Å². The summed E-state index contributed by atoms with van der Waals surface area (Å²) in [5, 5.41) is 15.3. The van der Waals surface area contributed by atoms with E-state index in [1.807, 2.05) is 0 Å². The molecule has 56 valence electrons. The van der Waals surface area contributed by atoms with E-state index in [4.69, 9.17) is 16.2 Å². The van der Waals surface area contributed by atoms with E-state index >= 15 is 0 Å². The Morgan fingerprint density at radius 1 is 1.80 bits per heavy atom. The first kappa shape index (κ1) is 7.40. The number of rotatable bonds is 2. The number of amidine groups is 1. The summed E-state index contributed by atoms with van der Waals surface area (Å²) in [4.78, 5) is 10.2.